The first kappa shape index (κ1) is 11.9. The summed E-state index contributed by atoms with van der Waals surface area (Å²) in [5.74, 6) is -0.0712. The van der Waals surface area contributed by atoms with Crippen LogP contribution in [0.25, 0.3) is 5.69 Å². The van der Waals surface area contributed by atoms with E-state index in [-0.39, 0.29) is 11.7 Å². The topological polar surface area (TPSA) is 34.9 Å². The van der Waals surface area contributed by atoms with Crippen molar-refractivity contribution < 1.29 is 4.79 Å². The summed E-state index contributed by atoms with van der Waals surface area (Å²) < 4.78 is 1.57. The summed E-state index contributed by atoms with van der Waals surface area (Å²) in [6, 6.07) is 9.50. The number of halogens is 1. The van der Waals surface area contributed by atoms with Crippen molar-refractivity contribution in [1.29, 1.82) is 0 Å². The molecule has 88 valence electrons. The highest BCUT2D eigenvalue weighted by Gasteiger charge is 2.18. The minimum Gasteiger partial charge on any atom is -0.294 e. The molecule has 1 aromatic carbocycles. The summed E-state index contributed by atoms with van der Waals surface area (Å²) in [5, 5.41) is 4.52. The molecule has 0 fully saturated rings. The van der Waals surface area contributed by atoms with Crippen LogP contribution in [0.4, 0.5) is 0 Å². The molecule has 0 aliphatic heterocycles. The molecule has 1 aromatic heterocycles. The van der Waals surface area contributed by atoms with Gasteiger partial charge in [-0.1, -0.05) is 43.6 Å². The van der Waals surface area contributed by atoms with Crippen molar-refractivity contribution >= 4 is 17.4 Å². The van der Waals surface area contributed by atoms with E-state index in [0.717, 1.165) is 5.69 Å². The second-order valence-corrected chi connectivity index (χ2v) is 4.47. The van der Waals surface area contributed by atoms with Gasteiger partial charge in [-0.2, -0.15) is 5.10 Å². The van der Waals surface area contributed by atoms with Crippen molar-refractivity contribution in [3.8, 4) is 5.69 Å². The van der Waals surface area contributed by atoms with E-state index in [2.05, 4.69) is 5.10 Å². The molecule has 0 aliphatic carbocycles. The van der Waals surface area contributed by atoms with Crippen LogP contribution in [0, 0.1) is 5.92 Å². The van der Waals surface area contributed by atoms with Crippen LogP contribution in [-0.2, 0) is 0 Å². The summed E-state index contributed by atoms with van der Waals surface area (Å²) in [6.45, 7) is 3.69. The van der Waals surface area contributed by atoms with E-state index in [9.17, 15) is 4.79 Å². The van der Waals surface area contributed by atoms with Crippen molar-refractivity contribution in [3.05, 3.63) is 47.2 Å². The van der Waals surface area contributed by atoms with Crippen LogP contribution in [0.3, 0.4) is 0 Å². The highest BCUT2D eigenvalue weighted by molar-refractivity contribution is 6.33. The molecule has 0 atom stereocenters. The smallest absolute Gasteiger partial charge is 0.170 e. The van der Waals surface area contributed by atoms with Gasteiger partial charge in [-0.05, 0) is 12.1 Å². The zero-order valence-corrected chi connectivity index (χ0v) is 10.5. The zero-order valence-electron chi connectivity index (χ0n) is 9.72. The Labute approximate surface area is 105 Å². The minimum atomic E-state index is -0.0825. The second kappa shape index (κ2) is 4.72. The number of ketones is 1. The summed E-state index contributed by atoms with van der Waals surface area (Å²) in [7, 11) is 0. The maximum absolute atomic E-state index is 11.9. The molecule has 0 spiro atoms. The number of carbonyl (C=O) groups excluding carboxylic acids is 1. The number of hydrogen-bond donors (Lipinski definition) is 0. The quantitative estimate of drug-likeness (QED) is 0.781. The number of rotatable bonds is 3. The van der Waals surface area contributed by atoms with E-state index in [1.807, 2.05) is 44.2 Å². The van der Waals surface area contributed by atoms with Crippen LogP contribution in [0.1, 0.15) is 24.2 Å². The molecule has 0 saturated carbocycles. The molecular formula is C13H13ClN2O. The molecule has 0 aliphatic rings. The molecule has 0 unspecified atom stereocenters. The van der Waals surface area contributed by atoms with Gasteiger partial charge in [-0.25, -0.2) is 4.68 Å². The first-order valence-electron chi connectivity index (χ1n) is 5.44. The molecule has 0 amide bonds. The Balaban J connectivity index is 2.44. The summed E-state index contributed by atoms with van der Waals surface area (Å²) in [4.78, 5) is 11.9. The van der Waals surface area contributed by atoms with Gasteiger partial charge in [0, 0.05) is 5.92 Å². The van der Waals surface area contributed by atoms with Gasteiger partial charge < -0.3 is 0 Å². The molecule has 0 bridgehead atoms. The fourth-order valence-electron chi connectivity index (χ4n) is 1.56. The van der Waals surface area contributed by atoms with Crippen molar-refractivity contribution in [1.82, 2.24) is 9.78 Å². The lowest BCUT2D eigenvalue weighted by Gasteiger charge is -2.04. The lowest BCUT2D eigenvalue weighted by atomic mass is 10.0. The van der Waals surface area contributed by atoms with Crippen LogP contribution >= 0.6 is 11.6 Å². The summed E-state index contributed by atoms with van der Waals surface area (Å²) in [5.41, 5.74) is 1.32. The Kier molecular flexibility index (Phi) is 3.29. The molecule has 1 heterocycles. The highest BCUT2D eigenvalue weighted by Crippen LogP contribution is 2.22. The molecular weight excluding hydrogens is 236 g/mol. The summed E-state index contributed by atoms with van der Waals surface area (Å²) in [6.07, 6.45) is 1.53. The Morgan fingerprint density at radius 2 is 1.94 bits per heavy atom. The maximum Gasteiger partial charge on any atom is 0.170 e. The third kappa shape index (κ3) is 2.24. The molecule has 0 saturated heterocycles. The predicted molar refractivity (Wildman–Crippen MR) is 67.7 cm³/mol. The monoisotopic (exact) mass is 248 g/mol. The van der Waals surface area contributed by atoms with Crippen LogP contribution in [0.5, 0.6) is 0 Å². The number of hydrogen-bond acceptors (Lipinski definition) is 2. The van der Waals surface area contributed by atoms with Crippen molar-refractivity contribution in [2.75, 3.05) is 0 Å². The third-order valence-electron chi connectivity index (χ3n) is 2.50. The molecule has 17 heavy (non-hydrogen) atoms. The molecule has 2 aromatic rings. The van der Waals surface area contributed by atoms with Crippen molar-refractivity contribution in [2.24, 2.45) is 5.92 Å². The van der Waals surface area contributed by atoms with E-state index >= 15 is 0 Å². The van der Waals surface area contributed by atoms with Crippen molar-refractivity contribution in [3.63, 3.8) is 0 Å². The zero-order chi connectivity index (χ0) is 12.4. The number of nitrogens with zero attached hydrogens (tertiary/aromatic N) is 2. The fourth-order valence-corrected chi connectivity index (χ4v) is 1.84. The first-order chi connectivity index (χ1) is 8.11. The van der Waals surface area contributed by atoms with Crippen LogP contribution in [0.2, 0.25) is 5.15 Å². The van der Waals surface area contributed by atoms with Gasteiger partial charge in [0.2, 0.25) is 0 Å². The summed E-state index contributed by atoms with van der Waals surface area (Å²) >= 11 is 6.18. The van der Waals surface area contributed by atoms with Gasteiger partial charge in [0.25, 0.3) is 0 Å². The van der Waals surface area contributed by atoms with Gasteiger partial charge in [0.15, 0.2) is 5.78 Å². The normalized spacial score (nSPS) is 10.8. The van der Waals surface area contributed by atoms with E-state index in [0.29, 0.717) is 10.7 Å². The lowest BCUT2D eigenvalue weighted by molar-refractivity contribution is 0.0939. The Hall–Kier alpha value is -1.61. The number of aromatic nitrogens is 2. The minimum absolute atomic E-state index is 0.0113. The van der Waals surface area contributed by atoms with Gasteiger partial charge >= 0.3 is 0 Å². The second-order valence-electron chi connectivity index (χ2n) is 4.12. The SMILES string of the molecule is CC(C)C(=O)c1cnn(-c2ccccc2)c1Cl. The van der Waals surface area contributed by atoms with E-state index < -0.39 is 0 Å². The van der Waals surface area contributed by atoms with Crippen LogP contribution in [0.15, 0.2) is 36.5 Å². The number of Topliss-reactive ketones (excluding diaryl/α,β-unsaturated/α-hetero) is 1. The van der Waals surface area contributed by atoms with Gasteiger partial charge in [0.1, 0.15) is 5.15 Å². The van der Waals surface area contributed by atoms with E-state index in [4.69, 9.17) is 11.6 Å². The molecule has 3 nitrogen and oxygen atoms in total. The number of benzene rings is 1. The first-order valence-corrected chi connectivity index (χ1v) is 5.82. The average Bonchev–Trinajstić information content (AvgIpc) is 2.71. The number of carbonyl (C=O) groups is 1. The fraction of sp³-hybridized carbons (Fsp3) is 0.231. The highest BCUT2D eigenvalue weighted by atomic mass is 35.5. The van der Waals surface area contributed by atoms with E-state index in [1.165, 1.54) is 6.20 Å². The molecule has 2 rings (SSSR count). The lowest BCUT2D eigenvalue weighted by Crippen LogP contribution is -2.07. The largest absolute Gasteiger partial charge is 0.294 e. The third-order valence-corrected chi connectivity index (χ3v) is 2.86. The predicted octanol–water partition coefficient (Wildman–Crippen LogP) is 3.36. The standard InChI is InChI=1S/C13H13ClN2O/c1-9(2)12(17)11-8-15-16(13(11)14)10-6-4-3-5-7-10/h3-9H,1-2H3. The molecule has 0 radical (unpaired) electrons. The number of para-hydroxylation sites is 1. The van der Waals surface area contributed by atoms with E-state index in [1.54, 1.807) is 4.68 Å². The van der Waals surface area contributed by atoms with Gasteiger partial charge in [-0.15, -0.1) is 0 Å². The average molecular weight is 249 g/mol. The Morgan fingerprint density at radius 3 is 2.53 bits per heavy atom. The van der Waals surface area contributed by atoms with Crippen LogP contribution < -0.4 is 0 Å². The van der Waals surface area contributed by atoms with Crippen LogP contribution in [-0.4, -0.2) is 15.6 Å². The van der Waals surface area contributed by atoms with Gasteiger partial charge in [-0.3, -0.25) is 4.79 Å². The maximum atomic E-state index is 11.9. The molecule has 4 heteroatoms. The Morgan fingerprint density at radius 1 is 1.29 bits per heavy atom. The van der Waals surface area contributed by atoms with Crippen molar-refractivity contribution in [2.45, 2.75) is 13.8 Å². The molecule has 0 N–H and O–H groups in total. The van der Waals surface area contributed by atoms with Gasteiger partial charge in [0.05, 0.1) is 17.4 Å². The Bertz CT molecular complexity index is 532.